The van der Waals surface area contributed by atoms with Crippen molar-refractivity contribution in [1.29, 1.82) is 0 Å². The molecular formula is C15H18N2O4. The Balaban J connectivity index is 2.30. The van der Waals surface area contributed by atoms with E-state index in [4.69, 9.17) is 4.74 Å². The Kier molecular flexibility index (Phi) is 4.57. The summed E-state index contributed by atoms with van der Waals surface area (Å²) in [6.45, 7) is 3.72. The van der Waals surface area contributed by atoms with Gasteiger partial charge in [-0.2, -0.15) is 0 Å². The van der Waals surface area contributed by atoms with Gasteiger partial charge in [-0.05, 0) is 25.5 Å². The van der Waals surface area contributed by atoms with Crippen LogP contribution in [0, 0.1) is 0 Å². The first-order chi connectivity index (χ1) is 10.0. The highest BCUT2D eigenvalue weighted by Crippen LogP contribution is 2.33. The molecule has 0 bridgehead atoms. The van der Waals surface area contributed by atoms with E-state index in [1.807, 2.05) is 6.92 Å². The van der Waals surface area contributed by atoms with Gasteiger partial charge in [-0.15, -0.1) is 0 Å². The molecule has 112 valence electrons. The first-order valence-corrected chi connectivity index (χ1v) is 6.88. The third-order valence-corrected chi connectivity index (χ3v) is 3.06. The number of nitrogens with zero attached hydrogens (tertiary/aromatic N) is 1. The number of amides is 2. The van der Waals surface area contributed by atoms with Gasteiger partial charge < -0.3 is 10.1 Å². The topological polar surface area (TPSA) is 75.7 Å². The van der Waals surface area contributed by atoms with Gasteiger partial charge in [-0.25, -0.2) is 0 Å². The molecule has 21 heavy (non-hydrogen) atoms. The Hall–Kier alpha value is -2.37. The second kappa shape index (κ2) is 6.39. The van der Waals surface area contributed by atoms with E-state index in [9.17, 15) is 14.4 Å². The van der Waals surface area contributed by atoms with Crippen LogP contribution in [0.4, 0.5) is 5.69 Å². The smallest absolute Gasteiger partial charge is 0.278 e. The molecule has 2 rings (SSSR count). The average Bonchev–Trinajstić information content (AvgIpc) is 2.47. The Labute approximate surface area is 123 Å². The Morgan fingerprint density at radius 3 is 2.71 bits per heavy atom. The molecule has 1 aliphatic heterocycles. The van der Waals surface area contributed by atoms with Crippen molar-refractivity contribution in [2.45, 2.75) is 26.4 Å². The molecular weight excluding hydrogens is 272 g/mol. The summed E-state index contributed by atoms with van der Waals surface area (Å²) in [7, 11) is 0. The average molecular weight is 290 g/mol. The lowest BCUT2D eigenvalue weighted by Crippen LogP contribution is -2.54. The number of carbonyl (C=O) groups excluding carboxylic acids is 3. The number of Topliss-reactive ketones (excluding diaryl/α,β-unsaturated/α-hetero) is 1. The van der Waals surface area contributed by atoms with E-state index in [0.717, 1.165) is 6.42 Å². The maximum atomic E-state index is 12.4. The molecule has 1 aromatic rings. The van der Waals surface area contributed by atoms with Crippen molar-refractivity contribution in [2.75, 3.05) is 18.0 Å². The van der Waals surface area contributed by atoms with E-state index in [0.29, 0.717) is 18.0 Å². The van der Waals surface area contributed by atoms with Crippen molar-refractivity contribution in [3.05, 3.63) is 24.3 Å². The molecule has 0 radical (unpaired) electrons. The van der Waals surface area contributed by atoms with Gasteiger partial charge in [0.15, 0.2) is 0 Å². The maximum absolute atomic E-state index is 12.4. The molecule has 1 N–H and O–H groups in total. The predicted octanol–water partition coefficient (Wildman–Crippen LogP) is 0.896. The molecule has 0 aromatic heterocycles. The number of nitrogens with one attached hydrogen (secondary N) is 1. The number of para-hydroxylation sites is 2. The fourth-order valence-corrected chi connectivity index (χ4v) is 2.11. The zero-order chi connectivity index (χ0) is 15.4. The highest BCUT2D eigenvalue weighted by atomic mass is 16.5. The Morgan fingerprint density at radius 2 is 2.05 bits per heavy atom. The van der Waals surface area contributed by atoms with E-state index in [-0.39, 0.29) is 12.3 Å². The van der Waals surface area contributed by atoms with Crippen LogP contribution in [0.15, 0.2) is 24.3 Å². The first-order valence-electron chi connectivity index (χ1n) is 6.88. The summed E-state index contributed by atoms with van der Waals surface area (Å²) in [5.41, 5.74) is 0.511. The summed E-state index contributed by atoms with van der Waals surface area (Å²) in [4.78, 5) is 37.1. The van der Waals surface area contributed by atoms with Gasteiger partial charge in [0.1, 0.15) is 11.5 Å². The highest BCUT2D eigenvalue weighted by Gasteiger charge is 2.39. The van der Waals surface area contributed by atoms with Gasteiger partial charge in [-0.1, -0.05) is 19.1 Å². The van der Waals surface area contributed by atoms with E-state index in [1.165, 1.54) is 11.8 Å². The van der Waals surface area contributed by atoms with Crippen molar-refractivity contribution in [2.24, 2.45) is 0 Å². The zero-order valence-corrected chi connectivity index (χ0v) is 12.1. The fraction of sp³-hybridized carbons (Fsp3) is 0.400. The van der Waals surface area contributed by atoms with E-state index < -0.39 is 17.9 Å². The molecule has 1 unspecified atom stereocenters. The summed E-state index contributed by atoms with van der Waals surface area (Å²) >= 11 is 0. The SMILES string of the molecule is CCCNC(=O)C1Oc2ccccc2N(CC(C)=O)C1=O. The third kappa shape index (κ3) is 3.21. The largest absolute Gasteiger partial charge is 0.468 e. The van der Waals surface area contributed by atoms with Crippen LogP contribution in [0.3, 0.4) is 0 Å². The summed E-state index contributed by atoms with van der Waals surface area (Å²) in [6, 6.07) is 6.87. The highest BCUT2D eigenvalue weighted by molar-refractivity contribution is 6.14. The van der Waals surface area contributed by atoms with Crippen molar-refractivity contribution in [3.8, 4) is 5.75 Å². The molecule has 0 saturated heterocycles. The molecule has 0 spiro atoms. The number of ether oxygens (including phenoxy) is 1. The van der Waals surface area contributed by atoms with Gasteiger partial charge >= 0.3 is 0 Å². The Morgan fingerprint density at radius 1 is 1.33 bits per heavy atom. The van der Waals surface area contributed by atoms with E-state index in [1.54, 1.807) is 24.3 Å². The fourth-order valence-electron chi connectivity index (χ4n) is 2.11. The molecule has 1 aliphatic rings. The van der Waals surface area contributed by atoms with Gasteiger partial charge in [0.25, 0.3) is 17.9 Å². The summed E-state index contributed by atoms with van der Waals surface area (Å²) in [5, 5.41) is 2.64. The number of anilines is 1. The van der Waals surface area contributed by atoms with E-state index in [2.05, 4.69) is 5.32 Å². The second-order valence-electron chi connectivity index (χ2n) is 4.88. The molecule has 2 amide bonds. The number of rotatable bonds is 5. The minimum Gasteiger partial charge on any atom is -0.468 e. The molecule has 1 aromatic carbocycles. The van der Waals surface area contributed by atoms with Crippen molar-refractivity contribution in [1.82, 2.24) is 5.32 Å². The third-order valence-electron chi connectivity index (χ3n) is 3.06. The lowest BCUT2D eigenvalue weighted by atomic mass is 10.1. The van der Waals surface area contributed by atoms with Crippen LogP contribution >= 0.6 is 0 Å². The standard InChI is InChI=1S/C15H18N2O4/c1-3-8-16-14(19)13-15(20)17(9-10(2)18)11-6-4-5-7-12(11)21-13/h4-7,13H,3,8-9H2,1-2H3,(H,16,19). The molecule has 0 saturated carbocycles. The predicted molar refractivity (Wildman–Crippen MR) is 77.2 cm³/mol. The van der Waals surface area contributed by atoms with Gasteiger partial charge in [0.05, 0.1) is 12.2 Å². The minimum absolute atomic E-state index is 0.0727. The number of fused-ring (bicyclic) bond motifs is 1. The Bertz CT molecular complexity index is 571. The number of hydrogen-bond donors (Lipinski definition) is 1. The van der Waals surface area contributed by atoms with Crippen molar-refractivity contribution >= 4 is 23.3 Å². The summed E-state index contributed by atoms with van der Waals surface area (Å²) < 4.78 is 5.50. The first kappa shape index (κ1) is 15.0. The van der Waals surface area contributed by atoms with Crippen molar-refractivity contribution < 1.29 is 19.1 Å². The number of benzene rings is 1. The van der Waals surface area contributed by atoms with Crippen LogP contribution < -0.4 is 15.0 Å². The lowest BCUT2D eigenvalue weighted by molar-refractivity contribution is -0.139. The van der Waals surface area contributed by atoms with Crippen LogP contribution in [0.1, 0.15) is 20.3 Å². The molecule has 6 heteroatoms. The lowest BCUT2D eigenvalue weighted by Gasteiger charge is -2.33. The zero-order valence-electron chi connectivity index (χ0n) is 12.1. The number of ketones is 1. The maximum Gasteiger partial charge on any atom is 0.278 e. The molecule has 1 heterocycles. The van der Waals surface area contributed by atoms with Crippen LogP contribution in [0.25, 0.3) is 0 Å². The number of hydrogen-bond acceptors (Lipinski definition) is 4. The quantitative estimate of drug-likeness (QED) is 0.817. The second-order valence-corrected chi connectivity index (χ2v) is 4.88. The van der Waals surface area contributed by atoms with Crippen molar-refractivity contribution in [3.63, 3.8) is 0 Å². The van der Waals surface area contributed by atoms with Gasteiger partial charge in [0, 0.05) is 6.54 Å². The van der Waals surface area contributed by atoms with Crippen LogP contribution in [-0.4, -0.2) is 36.8 Å². The van der Waals surface area contributed by atoms with Gasteiger partial charge in [0.2, 0.25) is 0 Å². The molecule has 1 atom stereocenters. The molecule has 6 nitrogen and oxygen atoms in total. The van der Waals surface area contributed by atoms with Crippen LogP contribution in [-0.2, 0) is 14.4 Å². The molecule has 0 aliphatic carbocycles. The summed E-state index contributed by atoms with van der Waals surface area (Å²) in [6.07, 6.45) is -0.480. The summed E-state index contributed by atoms with van der Waals surface area (Å²) in [5.74, 6) is -0.731. The normalized spacial score (nSPS) is 17.0. The number of carbonyl (C=O) groups is 3. The van der Waals surface area contributed by atoms with E-state index >= 15 is 0 Å². The van der Waals surface area contributed by atoms with Crippen LogP contribution in [0.2, 0.25) is 0 Å². The molecule has 0 fully saturated rings. The monoisotopic (exact) mass is 290 g/mol. The minimum atomic E-state index is -1.24. The van der Waals surface area contributed by atoms with Crippen LogP contribution in [0.5, 0.6) is 5.75 Å². The van der Waals surface area contributed by atoms with Gasteiger partial charge in [-0.3, -0.25) is 19.3 Å².